The average molecular weight is 291 g/mol. The van der Waals surface area contributed by atoms with Gasteiger partial charge in [-0.25, -0.2) is 5.84 Å². The maximum absolute atomic E-state index is 5.50. The van der Waals surface area contributed by atoms with Crippen molar-refractivity contribution >= 4 is 17.8 Å². The van der Waals surface area contributed by atoms with E-state index in [0.29, 0.717) is 17.9 Å². The summed E-state index contributed by atoms with van der Waals surface area (Å²) in [6.45, 7) is 4.31. The molecule has 0 bridgehead atoms. The number of piperidine rings is 1. The van der Waals surface area contributed by atoms with E-state index >= 15 is 0 Å². The van der Waals surface area contributed by atoms with Crippen molar-refractivity contribution in [2.24, 2.45) is 11.8 Å². The number of nitrogens with two attached hydrogens (primary N) is 1. The number of hydrazine groups is 1. The van der Waals surface area contributed by atoms with Gasteiger partial charge in [0, 0.05) is 19.1 Å². The number of anilines is 3. The first-order chi connectivity index (χ1) is 10.2. The van der Waals surface area contributed by atoms with Gasteiger partial charge in [-0.3, -0.25) is 5.43 Å². The van der Waals surface area contributed by atoms with Crippen LogP contribution in [0.2, 0.25) is 0 Å². The summed E-state index contributed by atoms with van der Waals surface area (Å²) in [7, 11) is 0. The number of hydrogen-bond acceptors (Lipinski definition) is 7. The lowest BCUT2D eigenvalue weighted by Gasteiger charge is -2.27. The molecular formula is C14H25N7. The maximum atomic E-state index is 5.50. The molecule has 116 valence electrons. The van der Waals surface area contributed by atoms with Crippen molar-refractivity contribution in [1.29, 1.82) is 0 Å². The van der Waals surface area contributed by atoms with Crippen molar-refractivity contribution in [3.8, 4) is 0 Å². The molecule has 1 aliphatic heterocycles. The van der Waals surface area contributed by atoms with Crippen molar-refractivity contribution in [1.82, 2.24) is 15.0 Å². The molecule has 2 atom stereocenters. The second-order valence-corrected chi connectivity index (χ2v) is 6.23. The molecule has 1 aromatic rings. The Labute approximate surface area is 125 Å². The number of aromatic nitrogens is 3. The average Bonchev–Trinajstić information content (AvgIpc) is 2.93. The van der Waals surface area contributed by atoms with Crippen molar-refractivity contribution in [2.75, 3.05) is 28.7 Å². The quantitative estimate of drug-likeness (QED) is 0.575. The fourth-order valence-corrected chi connectivity index (χ4v) is 3.25. The third-order valence-electron chi connectivity index (χ3n) is 4.42. The van der Waals surface area contributed by atoms with E-state index in [9.17, 15) is 0 Å². The van der Waals surface area contributed by atoms with Gasteiger partial charge in [-0.1, -0.05) is 6.92 Å². The van der Waals surface area contributed by atoms with Gasteiger partial charge in [0.05, 0.1) is 0 Å². The molecule has 3 rings (SSSR count). The van der Waals surface area contributed by atoms with Crippen LogP contribution in [0.3, 0.4) is 0 Å². The Bertz CT molecular complexity index is 472. The Morgan fingerprint density at radius 2 is 1.81 bits per heavy atom. The summed E-state index contributed by atoms with van der Waals surface area (Å²) < 4.78 is 0. The zero-order valence-electron chi connectivity index (χ0n) is 12.7. The predicted octanol–water partition coefficient (Wildman–Crippen LogP) is 1.75. The first-order valence-electron chi connectivity index (χ1n) is 7.99. The molecular weight excluding hydrogens is 266 g/mol. The fraction of sp³-hybridized carbons (Fsp3) is 0.786. The van der Waals surface area contributed by atoms with Crippen molar-refractivity contribution < 1.29 is 0 Å². The number of nitrogens with one attached hydrogen (secondary N) is 2. The second kappa shape index (κ2) is 6.43. The summed E-state index contributed by atoms with van der Waals surface area (Å²) >= 11 is 0. The molecule has 2 unspecified atom stereocenters. The van der Waals surface area contributed by atoms with Crippen LogP contribution in [0.1, 0.15) is 45.4 Å². The zero-order valence-corrected chi connectivity index (χ0v) is 12.7. The highest BCUT2D eigenvalue weighted by atomic mass is 15.4. The maximum Gasteiger partial charge on any atom is 0.243 e. The van der Waals surface area contributed by atoms with E-state index in [-0.39, 0.29) is 0 Å². The summed E-state index contributed by atoms with van der Waals surface area (Å²) in [5.74, 6) is 8.07. The van der Waals surface area contributed by atoms with E-state index in [1.54, 1.807) is 0 Å². The van der Waals surface area contributed by atoms with Gasteiger partial charge in [0.1, 0.15) is 0 Å². The van der Waals surface area contributed by atoms with Gasteiger partial charge in [0.2, 0.25) is 17.8 Å². The van der Waals surface area contributed by atoms with Crippen LogP contribution in [0.5, 0.6) is 0 Å². The van der Waals surface area contributed by atoms with Gasteiger partial charge in [-0.15, -0.1) is 0 Å². The first-order valence-corrected chi connectivity index (χ1v) is 7.99. The molecule has 1 aromatic heterocycles. The number of hydrogen-bond donors (Lipinski definition) is 3. The number of rotatable bonds is 4. The highest BCUT2D eigenvalue weighted by molar-refractivity contribution is 5.44. The van der Waals surface area contributed by atoms with Gasteiger partial charge in [-0.2, -0.15) is 15.0 Å². The molecule has 0 amide bonds. The summed E-state index contributed by atoms with van der Waals surface area (Å²) in [4.78, 5) is 15.5. The third-order valence-corrected chi connectivity index (χ3v) is 4.42. The SMILES string of the molecule is CC1CCC(Nc2nc(NN)nc(N3CCCCC3)n2)C1. The lowest BCUT2D eigenvalue weighted by Crippen LogP contribution is -2.32. The van der Waals surface area contributed by atoms with E-state index in [1.807, 2.05) is 0 Å². The topological polar surface area (TPSA) is 92.0 Å². The van der Waals surface area contributed by atoms with E-state index < -0.39 is 0 Å². The normalized spacial score (nSPS) is 25.9. The monoisotopic (exact) mass is 291 g/mol. The molecule has 0 aromatic carbocycles. The highest BCUT2D eigenvalue weighted by Crippen LogP contribution is 2.27. The molecule has 0 spiro atoms. The van der Waals surface area contributed by atoms with Gasteiger partial charge in [0.25, 0.3) is 0 Å². The molecule has 1 aliphatic carbocycles. The number of nitrogens with zero attached hydrogens (tertiary/aromatic N) is 4. The Hall–Kier alpha value is -1.63. The van der Waals surface area contributed by atoms with E-state index in [4.69, 9.17) is 5.84 Å². The molecule has 7 nitrogen and oxygen atoms in total. The Morgan fingerprint density at radius 3 is 2.48 bits per heavy atom. The van der Waals surface area contributed by atoms with E-state index in [1.165, 1.54) is 38.5 Å². The van der Waals surface area contributed by atoms with E-state index in [0.717, 1.165) is 25.0 Å². The van der Waals surface area contributed by atoms with Crippen LogP contribution in [0, 0.1) is 5.92 Å². The Balaban J connectivity index is 1.75. The molecule has 7 heteroatoms. The standard InChI is InChI=1S/C14H25N7/c1-10-5-6-11(9-10)16-12-17-13(20-15)19-14(18-12)21-7-3-2-4-8-21/h10-11H,2-9,15H2,1H3,(H2,16,17,18,19,20). The van der Waals surface area contributed by atoms with Gasteiger partial charge >= 0.3 is 0 Å². The van der Waals surface area contributed by atoms with Crippen molar-refractivity contribution in [3.63, 3.8) is 0 Å². The lowest BCUT2D eigenvalue weighted by molar-refractivity contribution is 0.567. The van der Waals surface area contributed by atoms with Crippen LogP contribution in [0.4, 0.5) is 17.8 Å². The van der Waals surface area contributed by atoms with Gasteiger partial charge < -0.3 is 10.2 Å². The summed E-state index contributed by atoms with van der Waals surface area (Å²) in [6, 6.07) is 0.460. The Kier molecular flexibility index (Phi) is 4.38. The largest absolute Gasteiger partial charge is 0.351 e. The molecule has 4 N–H and O–H groups in total. The highest BCUT2D eigenvalue weighted by Gasteiger charge is 2.23. The third kappa shape index (κ3) is 3.53. The predicted molar refractivity (Wildman–Crippen MR) is 84.1 cm³/mol. The van der Waals surface area contributed by atoms with Crippen molar-refractivity contribution in [2.45, 2.75) is 51.5 Å². The molecule has 0 radical (unpaired) electrons. The molecule has 1 saturated heterocycles. The zero-order chi connectivity index (χ0) is 14.7. The van der Waals surface area contributed by atoms with Crippen molar-refractivity contribution in [3.05, 3.63) is 0 Å². The van der Waals surface area contributed by atoms with E-state index in [2.05, 4.69) is 37.5 Å². The van der Waals surface area contributed by atoms with Gasteiger partial charge in [-0.05, 0) is 44.4 Å². The Morgan fingerprint density at radius 1 is 1.05 bits per heavy atom. The van der Waals surface area contributed by atoms with Gasteiger partial charge in [0.15, 0.2) is 0 Å². The minimum absolute atomic E-state index is 0.430. The van der Waals surface area contributed by atoms with Crippen LogP contribution in [0.25, 0.3) is 0 Å². The first kappa shape index (κ1) is 14.3. The van der Waals surface area contributed by atoms with Crippen LogP contribution in [-0.4, -0.2) is 34.1 Å². The molecule has 2 heterocycles. The summed E-state index contributed by atoms with van der Waals surface area (Å²) in [5.41, 5.74) is 2.55. The molecule has 1 saturated carbocycles. The smallest absolute Gasteiger partial charge is 0.243 e. The fourth-order valence-electron chi connectivity index (χ4n) is 3.25. The van der Waals surface area contributed by atoms with Crippen LogP contribution in [-0.2, 0) is 0 Å². The van der Waals surface area contributed by atoms with Crippen LogP contribution < -0.4 is 21.5 Å². The summed E-state index contributed by atoms with van der Waals surface area (Å²) in [6.07, 6.45) is 7.30. The summed E-state index contributed by atoms with van der Waals surface area (Å²) in [5, 5.41) is 3.44. The molecule has 2 fully saturated rings. The molecule has 2 aliphatic rings. The lowest BCUT2D eigenvalue weighted by atomic mass is 10.1. The van der Waals surface area contributed by atoms with Crippen LogP contribution in [0.15, 0.2) is 0 Å². The molecule has 21 heavy (non-hydrogen) atoms. The number of nitrogen functional groups attached to an aromatic ring is 1. The minimum Gasteiger partial charge on any atom is -0.351 e. The second-order valence-electron chi connectivity index (χ2n) is 6.23. The van der Waals surface area contributed by atoms with Crippen LogP contribution >= 0.6 is 0 Å². The minimum atomic E-state index is 0.430.